The van der Waals surface area contributed by atoms with Crippen molar-refractivity contribution in [3.8, 4) is 0 Å². The second kappa shape index (κ2) is 8.20. The fourth-order valence-electron chi connectivity index (χ4n) is 4.75. The number of halogens is 1. The fourth-order valence-corrected chi connectivity index (χ4v) is 5.50. The Bertz CT molecular complexity index is 741. The van der Waals surface area contributed by atoms with Crippen molar-refractivity contribution < 1.29 is 4.74 Å². The average Bonchev–Trinajstić information content (AvgIpc) is 3.17. The number of benzene rings is 1. The lowest BCUT2D eigenvalue weighted by molar-refractivity contribution is -0.131. The van der Waals surface area contributed by atoms with Gasteiger partial charge in [0, 0.05) is 16.9 Å². The Kier molecular flexibility index (Phi) is 5.89. The monoisotopic (exact) mass is 404 g/mol. The zero-order valence-corrected chi connectivity index (χ0v) is 17.8. The summed E-state index contributed by atoms with van der Waals surface area (Å²) in [6.07, 6.45) is 3.87. The van der Waals surface area contributed by atoms with Gasteiger partial charge in [-0.05, 0) is 67.3 Å². The Morgan fingerprint density at radius 3 is 2.81 bits per heavy atom. The van der Waals surface area contributed by atoms with Gasteiger partial charge in [-0.3, -0.25) is 4.90 Å². The summed E-state index contributed by atoms with van der Waals surface area (Å²) in [4.78, 5) is 6.99. The van der Waals surface area contributed by atoms with Crippen LogP contribution in [-0.2, 0) is 11.3 Å². The largest absolute Gasteiger partial charge is 0.373 e. The van der Waals surface area contributed by atoms with Crippen molar-refractivity contribution in [3.63, 3.8) is 0 Å². The lowest BCUT2D eigenvalue weighted by atomic mass is 9.66. The maximum atomic E-state index is 6.54. The molecule has 0 N–H and O–H groups in total. The Hall–Kier alpha value is -0.940. The van der Waals surface area contributed by atoms with E-state index >= 15 is 0 Å². The number of likely N-dealkylation sites (tertiary alicyclic amines) is 1. The van der Waals surface area contributed by atoms with Gasteiger partial charge in [0.05, 0.1) is 23.9 Å². The smallest absolute Gasteiger partial charge is 0.0856 e. The van der Waals surface area contributed by atoms with Crippen molar-refractivity contribution in [1.29, 1.82) is 0 Å². The Labute approximate surface area is 171 Å². The van der Waals surface area contributed by atoms with E-state index < -0.39 is 0 Å². The van der Waals surface area contributed by atoms with Crippen LogP contribution in [0.15, 0.2) is 35.2 Å². The molecule has 2 aliphatic heterocycles. The van der Waals surface area contributed by atoms with Gasteiger partial charge in [0.2, 0.25) is 0 Å². The summed E-state index contributed by atoms with van der Waals surface area (Å²) in [7, 11) is 0. The van der Waals surface area contributed by atoms with Crippen LogP contribution in [0.3, 0.4) is 0 Å². The minimum Gasteiger partial charge on any atom is -0.373 e. The van der Waals surface area contributed by atoms with Crippen molar-refractivity contribution in [2.45, 2.75) is 45.8 Å². The van der Waals surface area contributed by atoms with Crippen LogP contribution >= 0.6 is 22.9 Å². The molecule has 0 aliphatic carbocycles. The van der Waals surface area contributed by atoms with E-state index in [9.17, 15) is 0 Å². The van der Waals surface area contributed by atoms with E-state index in [1.165, 1.54) is 30.5 Å². The summed E-state index contributed by atoms with van der Waals surface area (Å²) in [5.41, 5.74) is 4.70. The van der Waals surface area contributed by atoms with Crippen LogP contribution in [0.1, 0.15) is 50.5 Å². The number of piperidine rings is 1. The highest BCUT2D eigenvalue weighted by Crippen LogP contribution is 2.49. The molecule has 4 rings (SSSR count). The van der Waals surface area contributed by atoms with Gasteiger partial charge in [-0.25, -0.2) is 4.98 Å². The molecule has 2 atom stereocenters. The maximum Gasteiger partial charge on any atom is 0.0856 e. The number of ether oxygens (including phenoxy) is 1. The normalized spacial score (nSPS) is 25.9. The Balaban J connectivity index is 1.43. The third-order valence-corrected chi connectivity index (χ3v) is 7.32. The number of nitrogens with zero attached hydrogens (tertiary/aromatic N) is 2. The highest BCUT2D eigenvalue weighted by atomic mass is 35.5. The Morgan fingerprint density at radius 1 is 1.33 bits per heavy atom. The van der Waals surface area contributed by atoms with Gasteiger partial charge >= 0.3 is 0 Å². The fraction of sp³-hybridized carbons (Fsp3) is 0.591. The molecule has 1 aromatic carbocycles. The van der Waals surface area contributed by atoms with Gasteiger partial charge in [0.25, 0.3) is 0 Å². The predicted octanol–water partition coefficient (Wildman–Crippen LogP) is 5.81. The zero-order valence-electron chi connectivity index (χ0n) is 16.2. The van der Waals surface area contributed by atoms with Crippen molar-refractivity contribution in [1.82, 2.24) is 9.88 Å². The molecule has 0 bridgehead atoms. The third-order valence-electron chi connectivity index (χ3n) is 6.45. The molecule has 146 valence electrons. The van der Waals surface area contributed by atoms with Gasteiger partial charge in [0.15, 0.2) is 0 Å². The topological polar surface area (TPSA) is 25.4 Å². The molecular formula is C22H29ClN2OS. The molecule has 3 heterocycles. The molecule has 0 saturated carbocycles. The first kappa shape index (κ1) is 19.4. The number of hydrogen-bond acceptors (Lipinski definition) is 4. The SMILES string of the molecule is CC(C)[C@H]1CC2(CCN(Cc3cscn3)CC2)CO[C@@H]1c1cccc(Cl)c1. The number of hydrogen-bond donors (Lipinski definition) is 0. The minimum atomic E-state index is 0.169. The lowest BCUT2D eigenvalue weighted by Gasteiger charge is -2.50. The highest BCUT2D eigenvalue weighted by Gasteiger charge is 2.44. The summed E-state index contributed by atoms with van der Waals surface area (Å²) in [6, 6.07) is 8.23. The maximum absolute atomic E-state index is 6.54. The number of rotatable bonds is 4. The van der Waals surface area contributed by atoms with E-state index in [1.807, 2.05) is 17.6 Å². The van der Waals surface area contributed by atoms with E-state index in [1.54, 1.807) is 11.3 Å². The molecule has 2 aliphatic rings. The minimum absolute atomic E-state index is 0.169. The molecule has 1 aromatic heterocycles. The first-order chi connectivity index (χ1) is 13.0. The summed E-state index contributed by atoms with van der Waals surface area (Å²) in [6.45, 7) is 8.82. The molecule has 3 nitrogen and oxygen atoms in total. The van der Waals surface area contributed by atoms with Crippen LogP contribution in [0.25, 0.3) is 0 Å². The molecule has 27 heavy (non-hydrogen) atoms. The second-order valence-electron chi connectivity index (χ2n) is 8.65. The number of thiazole rings is 1. The molecule has 1 spiro atoms. The summed E-state index contributed by atoms with van der Waals surface area (Å²) < 4.78 is 6.54. The van der Waals surface area contributed by atoms with E-state index in [4.69, 9.17) is 16.3 Å². The van der Waals surface area contributed by atoms with E-state index in [2.05, 4.69) is 41.2 Å². The molecule has 0 amide bonds. The van der Waals surface area contributed by atoms with Crippen LogP contribution in [0, 0.1) is 17.3 Å². The second-order valence-corrected chi connectivity index (χ2v) is 9.81. The molecule has 5 heteroatoms. The first-order valence-corrected chi connectivity index (χ1v) is 11.3. The van der Waals surface area contributed by atoms with Gasteiger partial charge in [-0.1, -0.05) is 37.6 Å². The predicted molar refractivity (Wildman–Crippen MR) is 112 cm³/mol. The molecule has 2 saturated heterocycles. The van der Waals surface area contributed by atoms with Crippen LogP contribution in [0.2, 0.25) is 5.02 Å². The van der Waals surface area contributed by atoms with Gasteiger partial charge in [0.1, 0.15) is 0 Å². The molecular weight excluding hydrogens is 376 g/mol. The van der Waals surface area contributed by atoms with Crippen LogP contribution in [0.4, 0.5) is 0 Å². The van der Waals surface area contributed by atoms with Gasteiger partial charge in [-0.15, -0.1) is 11.3 Å². The quantitative estimate of drug-likeness (QED) is 0.642. The summed E-state index contributed by atoms with van der Waals surface area (Å²) in [5, 5.41) is 2.97. The van der Waals surface area contributed by atoms with Crippen molar-refractivity contribution >= 4 is 22.9 Å². The van der Waals surface area contributed by atoms with Gasteiger partial charge < -0.3 is 4.74 Å². The van der Waals surface area contributed by atoms with Crippen molar-refractivity contribution in [3.05, 3.63) is 51.4 Å². The summed E-state index contributed by atoms with van der Waals surface area (Å²) >= 11 is 7.93. The Morgan fingerprint density at radius 2 is 2.15 bits per heavy atom. The number of aromatic nitrogens is 1. The zero-order chi connectivity index (χ0) is 18.9. The lowest BCUT2D eigenvalue weighted by Crippen LogP contribution is -2.47. The van der Waals surface area contributed by atoms with Crippen molar-refractivity contribution in [2.24, 2.45) is 17.3 Å². The van der Waals surface area contributed by atoms with Gasteiger partial charge in [-0.2, -0.15) is 0 Å². The van der Waals surface area contributed by atoms with Crippen LogP contribution in [0.5, 0.6) is 0 Å². The molecule has 0 radical (unpaired) electrons. The van der Waals surface area contributed by atoms with Crippen LogP contribution in [-0.4, -0.2) is 29.6 Å². The summed E-state index contributed by atoms with van der Waals surface area (Å²) in [5.74, 6) is 1.14. The molecule has 2 fully saturated rings. The van der Waals surface area contributed by atoms with E-state index in [0.717, 1.165) is 31.3 Å². The average molecular weight is 405 g/mol. The first-order valence-electron chi connectivity index (χ1n) is 10.0. The van der Waals surface area contributed by atoms with E-state index in [-0.39, 0.29) is 6.10 Å². The van der Waals surface area contributed by atoms with Crippen molar-refractivity contribution in [2.75, 3.05) is 19.7 Å². The molecule has 2 aromatic rings. The van der Waals surface area contributed by atoms with Crippen LogP contribution < -0.4 is 0 Å². The molecule has 0 unspecified atom stereocenters. The standard InChI is InChI=1S/C22H29ClN2OS/c1-16(2)20-11-22(14-26-21(20)17-4-3-5-18(23)10-17)6-8-25(9-7-22)12-19-13-27-15-24-19/h3-5,10,13,15-16,20-21H,6-9,11-12,14H2,1-2H3/t20-,21-/m1/s1. The third kappa shape index (κ3) is 4.40. The van der Waals surface area contributed by atoms with E-state index in [0.29, 0.717) is 17.3 Å². The highest BCUT2D eigenvalue weighted by molar-refractivity contribution is 7.07.